The van der Waals surface area contributed by atoms with Crippen molar-refractivity contribution >= 4 is 33.1 Å². The molecule has 0 saturated heterocycles. The number of rotatable bonds is 5. The lowest BCUT2D eigenvalue weighted by Crippen LogP contribution is -2.33. The van der Waals surface area contributed by atoms with Gasteiger partial charge in [0.05, 0.1) is 26.9 Å². The second-order valence-corrected chi connectivity index (χ2v) is 11.0. The van der Waals surface area contributed by atoms with E-state index in [0.717, 1.165) is 12.8 Å². The van der Waals surface area contributed by atoms with Crippen LogP contribution in [-0.4, -0.2) is 41.2 Å². The van der Waals surface area contributed by atoms with Crippen LogP contribution < -0.4 is 0 Å². The standard InChI is InChI=1S/C26H18ClN3O5S/c27-20-7-3-1-5-17(20)25-29-28-23(35-25)14-30(16-10-11-16)26(32)15-9-12-19-22(13-15)36(33,34)21-8-4-2-6-18(21)24(19)31/h1-9,12-13,16H,10-11,14H2. The normalized spacial score (nSPS) is 15.8. The fourth-order valence-electron chi connectivity index (χ4n) is 4.34. The van der Waals surface area contributed by atoms with Crippen LogP contribution in [0, 0.1) is 0 Å². The highest BCUT2D eigenvalue weighted by Gasteiger charge is 2.38. The minimum atomic E-state index is -3.96. The zero-order valence-electron chi connectivity index (χ0n) is 18.7. The van der Waals surface area contributed by atoms with Crippen LogP contribution in [0.5, 0.6) is 0 Å². The van der Waals surface area contributed by atoms with Crippen molar-refractivity contribution in [1.29, 1.82) is 0 Å². The molecule has 1 aliphatic heterocycles. The molecular weight excluding hydrogens is 502 g/mol. The molecule has 6 rings (SSSR count). The van der Waals surface area contributed by atoms with E-state index in [-0.39, 0.29) is 62.5 Å². The lowest BCUT2D eigenvalue weighted by Gasteiger charge is -2.23. The van der Waals surface area contributed by atoms with Crippen molar-refractivity contribution in [3.05, 3.63) is 94.3 Å². The average molecular weight is 520 g/mol. The third-order valence-corrected chi connectivity index (χ3v) is 8.49. The van der Waals surface area contributed by atoms with E-state index in [1.807, 2.05) is 0 Å². The molecule has 1 saturated carbocycles. The quantitative estimate of drug-likeness (QED) is 0.334. The Morgan fingerprint density at radius 1 is 0.944 bits per heavy atom. The van der Waals surface area contributed by atoms with Gasteiger partial charge in [-0.2, -0.15) is 0 Å². The molecule has 0 N–H and O–H groups in total. The Morgan fingerprint density at radius 2 is 1.64 bits per heavy atom. The van der Waals surface area contributed by atoms with Gasteiger partial charge in [-0.15, -0.1) is 10.2 Å². The molecule has 0 atom stereocenters. The molecule has 3 aromatic carbocycles. The maximum absolute atomic E-state index is 13.5. The number of fused-ring (bicyclic) bond motifs is 2. The first kappa shape index (κ1) is 22.6. The summed E-state index contributed by atoms with van der Waals surface area (Å²) >= 11 is 6.22. The predicted octanol–water partition coefficient (Wildman–Crippen LogP) is 4.57. The third-order valence-electron chi connectivity index (χ3n) is 6.31. The number of ketones is 1. The maximum atomic E-state index is 13.5. The minimum Gasteiger partial charge on any atom is -0.419 e. The van der Waals surface area contributed by atoms with E-state index in [1.165, 1.54) is 30.3 Å². The largest absolute Gasteiger partial charge is 0.419 e. The summed E-state index contributed by atoms with van der Waals surface area (Å²) in [5, 5.41) is 8.61. The van der Waals surface area contributed by atoms with Crippen LogP contribution in [0.25, 0.3) is 11.5 Å². The van der Waals surface area contributed by atoms with E-state index < -0.39 is 9.84 Å². The number of hydrogen-bond donors (Lipinski definition) is 0. The van der Waals surface area contributed by atoms with E-state index >= 15 is 0 Å². The molecule has 0 spiro atoms. The lowest BCUT2D eigenvalue weighted by atomic mass is 10.0. The van der Waals surface area contributed by atoms with Gasteiger partial charge in [-0.3, -0.25) is 9.59 Å². The second kappa shape index (κ2) is 8.39. The number of halogens is 1. The number of aromatic nitrogens is 2. The maximum Gasteiger partial charge on any atom is 0.254 e. The number of sulfone groups is 1. The molecule has 0 unspecified atom stereocenters. The molecule has 180 valence electrons. The second-order valence-electron chi connectivity index (χ2n) is 8.68. The Labute approximate surface area is 211 Å². The Kier molecular flexibility index (Phi) is 5.27. The van der Waals surface area contributed by atoms with Crippen LogP contribution >= 0.6 is 11.6 Å². The van der Waals surface area contributed by atoms with Crippen LogP contribution in [0.2, 0.25) is 5.02 Å². The van der Waals surface area contributed by atoms with Gasteiger partial charge in [-0.25, -0.2) is 8.42 Å². The molecule has 2 aliphatic rings. The first-order valence-electron chi connectivity index (χ1n) is 11.3. The van der Waals surface area contributed by atoms with Crippen LogP contribution in [0.4, 0.5) is 0 Å². The van der Waals surface area contributed by atoms with Crippen molar-refractivity contribution in [2.24, 2.45) is 0 Å². The fourth-order valence-corrected chi connectivity index (χ4v) is 6.24. The van der Waals surface area contributed by atoms with Gasteiger partial charge in [0.15, 0.2) is 5.78 Å². The molecule has 0 radical (unpaired) electrons. The average Bonchev–Trinajstić information content (AvgIpc) is 3.63. The topological polar surface area (TPSA) is 110 Å². The van der Waals surface area contributed by atoms with Gasteiger partial charge in [0, 0.05) is 22.7 Å². The van der Waals surface area contributed by atoms with Crippen LogP contribution in [0.3, 0.4) is 0 Å². The van der Waals surface area contributed by atoms with E-state index in [2.05, 4.69) is 10.2 Å². The Hall–Kier alpha value is -3.82. The van der Waals surface area contributed by atoms with Gasteiger partial charge >= 0.3 is 0 Å². The van der Waals surface area contributed by atoms with E-state index in [4.69, 9.17) is 16.0 Å². The lowest BCUT2D eigenvalue weighted by molar-refractivity contribution is 0.0713. The molecule has 1 amide bonds. The molecule has 10 heteroatoms. The summed E-state index contributed by atoms with van der Waals surface area (Å²) in [6, 6.07) is 17.3. The minimum absolute atomic E-state index is 0.0249. The molecule has 1 aromatic heterocycles. The van der Waals surface area contributed by atoms with Crippen LogP contribution in [0.15, 0.2) is 80.9 Å². The van der Waals surface area contributed by atoms with Crippen molar-refractivity contribution in [3.8, 4) is 11.5 Å². The molecule has 36 heavy (non-hydrogen) atoms. The molecular formula is C26H18ClN3O5S. The smallest absolute Gasteiger partial charge is 0.254 e. The van der Waals surface area contributed by atoms with Gasteiger partial charge < -0.3 is 9.32 Å². The number of carbonyl (C=O) groups excluding carboxylic acids is 2. The van der Waals surface area contributed by atoms with Gasteiger partial charge in [0.2, 0.25) is 21.6 Å². The van der Waals surface area contributed by atoms with Crippen molar-refractivity contribution in [3.63, 3.8) is 0 Å². The Bertz CT molecular complexity index is 1660. The zero-order chi connectivity index (χ0) is 25.0. The van der Waals surface area contributed by atoms with Gasteiger partial charge in [0.1, 0.15) is 0 Å². The van der Waals surface area contributed by atoms with E-state index in [9.17, 15) is 18.0 Å². The summed E-state index contributed by atoms with van der Waals surface area (Å²) < 4.78 is 32.3. The Morgan fingerprint density at radius 3 is 2.39 bits per heavy atom. The van der Waals surface area contributed by atoms with E-state index in [0.29, 0.717) is 10.6 Å². The first-order chi connectivity index (χ1) is 17.3. The van der Waals surface area contributed by atoms with Crippen molar-refractivity contribution in [2.75, 3.05) is 0 Å². The number of benzene rings is 3. The Balaban J connectivity index is 1.32. The highest BCUT2D eigenvalue weighted by Crippen LogP contribution is 2.36. The molecule has 2 heterocycles. The van der Waals surface area contributed by atoms with Gasteiger partial charge in [-0.1, -0.05) is 35.9 Å². The summed E-state index contributed by atoms with van der Waals surface area (Å²) in [4.78, 5) is 27.8. The highest BCUT2D eigenvalue weighted by atomic mass is 35.5. The monoisotopic (exact) mass is 519 g/mol. The SMILES string of the molecule is O=C1c2ccccc2S(=O)(=O)c2cc(C(=O)N(Cc3nnc(-c4ccccc4Cl)o3)C3CC3)ccc21. The number of amides is 1. The van der Waals surface area contributed by atoms with Gasteiger partial charge in [0.25, 0.3) is 5.91 Å². The predicted molar refractivity (Wildman–Crippen MR) is 129 cm³/mol. The van der Waals surface area contributed by atoms with Crippen molar-refractivity contribution < 1.29 is 22.4 Å². The molecule has 8 nitrogen and oxygen atoms in total. The molecule has 1 aliphatic carbocycles. The summed E-state index contributed by atoms with van der Waals surface area (Å²) in [7, 11) is -3.96. The first-order valence-corrected chi connectivity index (χ1v) is 13.1. The summed E-state index contributed by atoms with van der Waals surface area (Å²) in [6.07, 6.45) is 1.62. The van der Waals surface area contributed by atoms with Crippen molar-refractivity contribution in [2.45, 2.75) is 35.2 Å². The highest BCUT2D eigenvalue weighted by molar-refractivity contribution is 7.91. The number of carbonyl (C=O) groups is 2. The third kappa shape index (κ3) is 3.71. The molecule has 4 aromatic rings. The zero-order valence-corrected chi connectivity index (χ0v) is 20.3. The van der Waals surface area contributed by atoms with Crippen LogP contribution in [0.1, 0.15) is 45.0 Å². The van der Waals surface area contributed by atoms with Crippen molar-refractivity contribution in [1.82, 2.24) is 15.1 Å². The number of hydrogen-bond acceptors (Lipinski definition) is 7. The summed E-state index contributed by atoms with van der Waals surface area (Å²) in [6.45, 7) is 0.0621. The summed E-state index contributed by atoms with van der Waals surface area (Å²) in [5.41, 5.74) is 0.952. The van der Waals surface area contributed by atoms with Gasteiger partial charge in [-0.05, 0) is 55.3 Å². The van der Waals surface area contributed by atoms with Crippen LogP contribution in [-0.2, 0) is 16.4 Å². The van der Waals surface area contributed by atoms with E-state index in [1.54, 1.807) is 41.3 Å². The molecule has 1 fully saturated rings. The molecule has 0 bridgehead atoms. The summed E-state index contributed by atoms with van der Waals surface area (Å²) in [5.74, 6) is -0.276. The number of nitrogens with zero attached hydrogens (tertiary/aromatic N) is 3. The fraction of sp³-hybridized carbons (Fsp3) is 0.154.